The molecule has 0 aliphatic rings. The van der Waals surface area contributed by atoms with Gasteiger partial charge in [0.25, 0.3) is 0 Å². The van der Waals surface area contributed by atoms with Gasteiger partial charge in [-0.05, 0) is 24.7 Å². The second-order valence-corrected chi connectivity index (χ2v) is 4.35. The van der Waals surface area contributed by atoms with Gasteiger partial charge in [0.1, 0.15) is 11.8 Å². The van der Waals surface area contributed by atoms with Crippen molar-refractivity contribution in [2.75, 3.05) is 19.5 Å². The maximum Gasteiger partial charge on any atom is 0.246 e. The lowest BCUT2D eigenvalue weighted by molar-refractivity contribution is -0.118. The van der Waals surface area contributed by atoms with Gasteiger partial charge in [-0.3, -0.25) is 4.79 Å². The number of benzene rings is 2. The average Bonchev–Trinajstić information content (AvgIpc) is 2.49. The van der Waals surface area contributed by atoms with Crippen molar-refractivity contribution in [2.45, 2.75) is 6.04 Å². The molecule has 4 nitrogen and oxygen atoms in total. The fraction of sp³-hybridized carbons (Fsp3) is 0.188. The Hall–Kier alpha value is -2.33. The normalized spacial score (nSPS) is 11.7. The van der Waals surface area contributed by atoms with Crippen molar-refractivity contribution in [3.63, 3.8) is 0 Å². The van der Waals surface area contributed by atoms with Crippen LogP contribution in [-0.4, -0.2) is 20.1 Å². The Labute approximate surface area is 118 Å². The standard InChI is InChI=1S/C16H18N2O2/c1-17-15(12-7-4-3-5-8-12)16(19)18-13-9-6-10-14(11-13)20-2/h3-11,15,17H,1-2H3,(H,18,19)/t15-/m1/s1. The van der Waals surface area contributed by atoms with E-state index in [0.29, 0.717) is 11.4 Å². The zero-order chi connectivity index (χ0) is 14.4. The third kappa shape index (κ3) is 3.36. The van der Waals surface area contributed by atoms with Gasteiger partial charge in [-0.2, -0.15) is 0 Å². The molecule has 0 saturated heterocycles. The Balaban J connectivity index is 2.13. The van der Waals surface area contributed by atoms with Crippen LogP contribution in [0.3, 0.4) is 0 Å². The second-order valence-electron chi connectivity index (χ2n) is 4.35. The Morgan fingerprint density at radius 1 is 1.10 bits per heavy atom. The molecule has 0 radical (unpaired) electrons. The van der Waals surface area contributed by atoms with E-state index in [1.807, 2.05) is 48.5 Å². The summed E-state index contributed by atoms with van der Waals surface area (Å²) in [4.78, 5) is 12.3. The number of likely N-dealkylation sites (N-methyl/N-ethyl adjacent to an activating group) is 1. The Kier molecular flexibility index (Phi) is 4.74. The third-order valence-corrected chi connectivity index (χ3v) is 3.02. The minimum absolute atomic E-state index is 0.105. The van der Waals surface area contributed by atoms with E-state index in [1.54, 1.807) is 20.2 Å². The lowest BCUT2D eigenvalue weighted by atomic mass is 10.1. The van der Waals surface area contributed by atoms with E-state index in [4.69, 9.17) is 4.74 Å². The molecule has 1 atom stereocenters. The fourth-order valence-corrected chi connectivity index (χ4v) is 2.01. The molecule has 2 rings (SSSR count). The van der Waals surface area contributed by atoms with Gasteiger partial charge in [0, 0.05) is 11.8 Å². The number of hydrogen-bond donors (Lipinski definition) is 2. The molecule has 2 aromatic carbocycles. The lowest BCUT2D eigenvalue weighted by Gasteiger charge is -2.16. The largest absolute Gasteiger partial charge is 0.497 e. The number of ether oxygens (including phenoxy) is 1. The van der Waals surface area contributed by atoms with Gasteiger partial charge >= 0.3 is 0 Å². The van der Waals surface area contributed by atoms with Crippen LogP contribution in [0.4, 0.5) is 5.69 Å². The Bertz CT molecular complexity index is 570. The predicted molar refractivity (Wildman–Crippen MR) is 79.9 cm³/mol. The number of amides is 1. The second kappa shape index (κ2) is 6.73. The summed E-state index contributed by atoms with van der Waals surface area (Å²) in [5.41, 5.74) is 1.64. The summed E-state index contributed by atoms with van der Waals surface area (Å²) in [6, 6.07) is 16.5. The van der Waals surface area contributed by atoms with Crippen molar-refractivity contribution in [2.24, 2.45) is 0 Å². The topological polar surface area (TPSA) is 50.4 Å². The minimum Gasteiger partial charge on any atom is -0.497 e. The molecule has 0 aliphatic heterocycles. The number of nitrogens with one attached hydrogen (secondary N) is 2. The highest BCUT2D eigenvalue weighted by molar-refractivity contribution is 5.95. The summed E-state index contributed by atoms with van der Waals surface area (Å²) >= 11 is 0. The summed E-state index contributed by atoms with van der Waals surface area (Å²) in [6.45, 7) is 0. The molecule has 2 aromatic rings. The van der Waals surface area contributed by atoms with Crippen LogP contribution in [0.2, 0.25) is 0 Å². The SMILES string of the molecule is CN[C@@H](C(=O)Nc1cccc(OC)c1)c1ccccc1. The van der Waals surface area contributed by atoms with Crippen LogP contribution in [0, 0.1) is 0 Å². The van der Waals surface area contributed by atoms with Crippen LogP contribution >= 0.6 is 0 Å². The van der Waals surface area contributed by atoms with Gasteiger partial charge in [-0.15, -0.1) is 0 Å². The number of carbonyl (C=O) groups is 1. The van der Waals surface area contributed by atoms with E-state index in [-0.39, 0.29) is 11.9 Å². The van der Waals surface area contributed by atoms with Crippen LogP contribution in [0.5, 0.6) is 5.75 Å². The van der Waals surface area contributed by atoms with E-state index < -0.39 is 0 Å². The molecule has 0 aromatic heterocycles. The number of rotatable bonds is 5. The summed E-state index contributed by atoms with van der Waals surface area (Å²) in [6.07, 6.45) is 0. The molecule has 0 saturated carbocycles. The molecule has 104 valence electrons. The molecule has 0 unspecified atom stereocenters. The molecule has 0 fully saturated rings. The van der Waals surface area contributed by atoms with Gasteiger partial charge in [0.15, 0.2) is 0 Å². The number of methoxy groups -OCH3 is 1. The van der Waals surface area contributed by atoms with E-state index >= 15 is 0 Å². The highest BCUT2D eigenvalue weighted by atomic mass is 16.5. The quantitative estimate of drug-likeness (QED) is 0.878. The zero-order valence-electron chi connectivity index (χ0n) is 11.6. The van der Waals surface area contributed by atoms with Crippen molar-refractivity contribution in [1.82, 2.24) is 5.32 Å². The van der Waals surface area contributed by atoms with Gasteiger partial charge in [-0.25, -0.2) is 0 Å². The third-order valence-electron chi connectivity index (χ3n) is 3.02. The first-order valence-electron chi connectivity index (χ1n) is 6.41. The molecule has 1 amide bonds. The summed E-state index contributed by atoms with van der Waals surface area (Å²) < 4.78 is 5.14. The van der Waals surface area contributed by atoms with Crippen LogP contribution in [0.25, 0.3) is 0 Å². The predicted octanol–water partition coefficient (Wildman–Crippen LogP) is 2.59. The maximum absolute atomic E-state index is 12.3. The first-order chi connectivity index (χ1) is 9.74. The number of carbonyl (C=O) groups excluding carboxylic acids is 1. The zero-order valence-corrected chi connectivity index (χ0v) is 11.6. The average molecular weight is 270 g/mol. The van der Waals surface area contributed by atoms with Crippen molar-refractivity contribution >= 4 is 11.6 Å². The number of hydrogen-bond acceptors (Lipinski definition) is 3. The summed E-state index contributed by atoms with van der Waals surface area (Å²) in [5, 5.41) is 5.91. The van der Waals surface area contributed by atoms with Gasteiger partial charge in [0.05, 0.1) is 7.11 Å². The van der Waals surface area contributed by atoms with Gasteiger partial charge in [-0.1, -0.05) is 36.4 Å². The van der Waals surface area contributed by atoms with E-state index in [2.05, 4.69) is 10.6 Å². The van der Waals surface area contributed by atoms with Crippen LogP contribution < -0.4 is 15.4 Å². The van der Waals surface area contributed by atoms with Crippen molar-refractivity contribution < 1.29 is 9.53 Å². The van der Waals surface area contributed by atoms with Crippen LogP contribution in [-0.2, 0) is 4.79 Å². The molecule has 0 spiro atoms. The fourth-order valence-electron chi connectivity index (χ4n) is 2.01. The Morgan fingerprint density at radius 3 is 2.50 bits per heavy atom. The molecule has 0 heterocycles. The first kappa shape index (κ1) is 14.1. The molecule has 0 bridgehead atoms. The first-order valence-corrected chi connectivity index (χ1v) is 6.41. The summed E-state index contributed by atoms with van der Waals surface area (Å²) in [5.74, 6) is 0.607. The highest BCUT2D eigenvalue weighted by Crippen LogP contribution is 2.19. The van der Waals surface area contributed by atoms with Crippen LogP contribution in [0.1, 0.15) is 11.6 Å². The molecule has 0 aliphatic carbocycles. The molecular formula is C16H18N2O2. The molecule has 2 N–H and O–H groups in total. The van der Waals surface area contributed by atoms with E-state index in [9.17, 15) is 4.79 Å². The minimum atomic E-state index is -0.387. The van der Waals surface area contributed by atoms with Gasteiger partial charge in [0.2, 0.25) is 5.91 Å². The highest BCUT2D eigenvalue weighted by Gasteiger charge is 2.18. The van der Waals surface area contributed by atoms with Gasteiger partial charge < -0.3 is 15.4 Å². The van der Waals surface area contributed by atoms with Crippen molar-refractivity contribution in [3.05, 3.63) is 60.2 Å². The van der Waals surface area contributed by atoms with Crippen molar-refractivity contribution in [1.29, 1.82) is 0 Å². The molecule has 4 heteroatoms. The Morgan fingerprint density at radius 2 is 1.85 bits per heavy atom. The van der Waals surface area contributed by atoms with E-state index in [0.717, 1.165) is 5.56 Å². The van der Waals surface area contributed by atoms with Crippen molar-refractivity contribution in [3.8, 4) is 5.75 Å². The van der Waals surface area contributed by atoms with Crippen LogP contribution in [0.15, 0.2) is 54.6 Å². The maximum atomic E-state index is 12.3. The summed E-state index contributed by atoms with van der Waals surface area (Å²) in [7, 11) is 3.37. The monoisotopic (exact) mass is 270 g/mol. The molecular weight excluding hydrogens is 252 g/mol. The lowest BCUT2D eigenvalue weighted by Crippen LogP contribution is -2.30. The smallest absolute Gasteiger partial charge is 0.246 e. The van der Waals surface area contributed by atoms with E-state index in [1.165, 1.54) is 0 Å². The number of anilines is 1. The molecule has 20 heavy (non-hydrogen) atoms.